The number of nitrogens with one attached hydrogen (secondary N) is 1. The molecule has 5 nitrogen and oxygen atoms in total. The summed E-state index contributed by atoms with van der Waals surface area (Å²) in [5, 5.41) is 11.7. The number of unbranched alkanes of at least 4 members (excludes halogenated alkanes) is 1. The van der Waals surface area contributed by atoms with E-state index in [2.05, 4.69) is 11.9 Å². The standard InChI is InChI=1S/C16H21NO4/c1-3-4-6-11-13(16(19)20)17-15(18)14(21-2)12-9-7-5-8-10-12/h3,5,7-10,13-14H,1,4,6,11H2,2H3,(H,17,18)(H,19,20)/t13-,14-/m0/s1. The van der Waals surface area contributed by atoms with Crippen LogP contribution in [0.25, 0.3) is 0 Å². The number of methoxy groups -OCH3 is 1. The number of aliphatic carboxylic acids is 1. The molecular formula is C16H21NO4. The van der Waals surface area contributed by atoms with Gasteiger partial charge in [0.2, 0.25) is 0 Å². The Kier molecular flexibility index (Phi) is 7.18. The summed E-state index contributed by atoms with van der Waals surface area (Å²) >= 11 is 0. The van der Waals surface area contributed by atoms with Crippen LogP contribution >= 0.6 is 0 Å². The van der Waals surface area contributed by atoms with Crippen molar-refractivity contribution < 1.29 is 19.4 Å². The van der Waals surface area contributed by atoms with E-state index in [4.69, 9.17) is 9.84 Å². The van der Waals surface area contributed by atoms with E-state index in [-0.39, 0.29) is 0 Å². The largest absolute Gasteiger partial charge is 0.480 e. The second-order valence-electron chi connectivity index (χ2n) is 4.65. The Morgan fingerprint density at radius 3 is 2.57 bits per heavy atom. The number of hydrogen-bond acceptors (Lipinski definition) is 3. The van der Waals surface area contributed by atoms with Crippen molar-refractivity contribution >= 4 is 11.9 Å². The van der Waals surface area contributed by atoms with Crippen molar-refractivity contribution in [1.29, 1.82) is 0 Å². The molecule has 0 aliphatic carbocycles. The van der Waals surface area contributed by atoms with Crippen LogP contribution < -0.4 is 5.32 Å². The molecule has 0 aliphatic heterocycles. The molecule has 0 fully saturated rings. The van der Waals surface area contributed by atoms with Gasteiger partial charge in [-0.25, -0.2) is 4.79 Å². The molecule has 0 spiro atoms. The number of carbonyl (C=O) groups excluding carboxylic acids is 1. The maximum absolute atomic E-state index is 12.2. The minimum atomic E-state index is -1.05. The van der Waals surface area contributed by atoms with Gasteiger partial charge in [0.15, 0.2) is 6.10 Å². The minimum absolute atomic E-state index is 0.359. The molecule has 0 heterocycles. The molecule has 114 valence electrons. The zero-order valence-corrected chi connectivity index (χ0v) is 12.1. The number of carboxylic acid groups (broad SMARTS) is 1. The zero-order chi connectivity index (χ0) is 15.7. The molecule has 5 heteroatoms. The molecule has 2 atom stereocenters. The van der Waals surface area contributed by atoms with Crippen LogP contribution in [0.2, 0.25) is 0 Å². The van der Waals surface area contributed by atoms with E-state index in [0.717, 1.165) is 0 Å². The number of allylic oxidation sites excluding steroid dienone is 1. The van der Waals surface area contributed by atoms with Crippen LogP contribution in [0.3, 0.4) is 0 Å². The summed E-state index contributed by atoms with van der Waals surface area (Å²) in [6.07, 6.45) is 2.64. The first kappa shape index (κ1) is 16.9. The minimum Gasteiger partial charge on any atom is -0.480 e. The molecule has 1 rings (SSSR count). The topological polar surface area (TPSA) is 75.6 Å². The number of benzene rings is 1. The normalized spacial score (nSPS) is 13.2. The van der Waals surface area contributed by atoms with Crippen LogP contribution in [0.5, 0.6) is 0 Å². The number of rotatable bonds is 9. The summed E-state index contributed by atoms with van der Waals surface area (Å²) in [6.45, 7) is 3.59. The summed E-state index contributed by atoms with van der Waals surface area (Å²) in [5.74, 6) is -1.50. The number of hydrogen-bond donors (Lipinski definition) is 2. The molecule has 0 saturated carbocycles. The van der Waals surface area contributed by atoms with Gasteiger partial charge >= 0.3 is 5.97 Å². The monoisotopic (exact) mass is 291 g/mol. The van der Waals surface area contributed by atoms with Crippen LogP contribution in [0.4, 0.5) is 0 Å². The summed E-state index contributed by atoms with van der Waals surface area (Å²) in [4.78, 5) is 23.4. The molecule has 0 unspecified atom stereocenters. The van der Waals surface area contributed by atoms with Gasteiger partial charge in [0.1, 0.15) is 6.04 Å². The van der Waals surface area contributed by atoms with Crippen LogP contribution in [0.15, 0.2) is 43.0 Å². The third kappa shape index (κ3) is 5.39. The number of amides is 1. The van der Waals surface area contributed by atoms with Gasteiger partial charge in [0, 0.05) is 7.11 Å². The van der Waals surface area contributed by atoms with E-state index in [9.17, 15) is 9.59 Å². The Labute approximate surface area is 124 Å². The Hall–Kier alpha value is -2.14. The van der Waals surface area contributed by atoms with Crippen molar-refractivity contribution in [3.63, 3.8) is 0 Å². The maximum Gasteiger partial charge on any atom is 0.326 e. The number of carboxylic acids is 1. The van der Waals surface area contributed by atoms with Crippen LogP contribution in [-0.4, -0.2) is 30.1 Å². The van der Waals surface area contributed by atoms with Crippen LogP contribution in [-0.2, 0) is 14.3 Å². The van der Waals surface area contributed by atoms with Crippen molar-refractivity contribution in [2.45, 2.75) is 31.4 Å². The molecule has 21 heavy (non-hydrogen) atoms. The molecule has 0 saturated heterocycles. The van der Waals surface area contributed by atoms with Crippen molar-refractivity contribution in [3.05, 3.63) is 48.6 Å². The predicted octanol–water partition coefficient (Wildman–Crippen LogP) is 2.30. The average molecular weight is 291 g/mol. The van der Waals surface area contributed by atoms with Crippen LogP contribution in [0, 0.1) is 0 Å². The first-order valence-corrected chi connectivity index (χ1v) is 6.82. The smallest absolute Gasteiger partial charge is 0.326 e. The van der Waals surface area contributed by atoms with Crippen molar-refractivity contribution in [2.75, 3.05) is 7.11 Å². The lowest BCUT2D eigenvalue weighted by molar-refractivity contribution is -0.144. The lowest BCUT2D eigenvalue weighted by Gasteiger charge is -2.19. The predicted molar refractivity (Wildman–Crippen MR) is 79.8 cm³/mol. The van der Waals surface area contributed by atoms with Crippen molar-refractivity contribution in [2.24, 2.45) is 0 Å². The third-order valence-electron chi connectivity index (χ3n) is 3.09. The number of carbonyl (C=O) groups is 2. The average Bonchev–Trinajstić information content (AvgIpc) is 2.48. The van der Waals surface area contributed by atoms with E-state index in [0.29, 0.717) is 24.8 Å². The molecule has 2 N–H and O–H groups in total. The molecule has 0 aromatic heterocycles. The SMILES string of the molecule is C=CCCC[C@H](NC(=O)[C@@H](OC)c1ccccc1)C(=O)O. The Morgan fingerprint density at radius 1 is 1.38 bits per heavy atom. The second kappa shape index (κ2) is 8.92. The molecule has 1 aromatic rings. The van der Waals surface area contributed by atoms with Gasteiger partial charge in [0.05, 0.1) is 0 Å². The molecule has 1 amide bonds. The van der Waals surface area contributed by atoms with Crippen LogP contribution in [0.1, 0.15) is 30.9 Å². The molecule has 0 aliphatic rings. The highest BCUT2D eigenvalue weighted by molar-refractivity contribution is 5.87. The Bertz CT molecular complexity index is 472. The fraction of sp³-hybridized carbons (Fsp3) is 0.375. The van der Waals surface area contributed by atoms with Gasteiger partial charge in [-0.15, -0.1) is 6.58 Å². The zero-order valence-electron chi connectivity index (χ0n) is 12.1. The summed E-state index contributed by atoms with van der Waals surface area (Å²) in [6, 6.07) is 8.05. The Morgan fingerprint density at radius 2 is 2.05 bits per heavy atom. The summed E-state index contributed by atoms with van der Waals surface area (Å²) in [5.41, 5.74) is 0.688. The van der Waals surface area contributed by atoms with Gasteiger partial charge in [-0.1, -0.05) is 36.4 Å². The van der Waals surface area contributed by atoms with Crippen molar-refractivity contribution in [1.82, 2.24) is 5.32 Å². The third-order valence-corrected chi connectivity index (χ3v) is 3.09. The lowest BCUT2D eigenvalue weighted by Crippen LogP contribution is -2.43. The quantitative estimate of drug-likeness (QED) is 0.541. The number of ether oxygens (including phenoxy) is 1. The summed E-state index contributed by atoms with van der Waals surface area (Å²) < 4.78 is 5.18. The van der Waals surface area contributed by atoms with Crippen molar-refractivity contribution in [3.8, 4) is 0 Å². The first-order chi connectivity index (χ1) is 10.1. The fourth-order valence-corrected chi connectivity index (χ4v) is 1.99. The fourth-order valence-electron chi connectivity index (χ4n) is 1.99. The Balaban J connectivity index is 2.70. The van der Waals surface area contributed by atoms with E-state index >= 15 is 0 Å². The van der Waals surface area contributed by atoms with Gasteiger partial charge in [-0.2, -0.15) is 0 Å². The summed E-state index contributed by atoms with van der Waals surface area (Å²) in [7, 11) is 1.42. The van der Waals surface area contributed by atoms with E-state index < -0.39 is 24.0 Å². The van der Waals surface area contributed by atoms with E-state index in [1.54, 1.807) is 30.3 Å². The van der Waals surface area contributed by atoms with Gasteiger partial charge in [0.25, 0.3) is 5.91 Å². The highest BCUT2D eigenvalue weighted by atomic mass is 16.5. The second-order valence-corrected chi connectivity index (χ2v) is 4.65. The first-order valence-electron chi connectivity index (χ1n) is 6.82. The molecule has 1 aromatic carbocycles. The van der Waals surface area contributed by atoms with Gasteiger partial charge in [-0.3, -0.25) is 4.79 Å². The van der Waals surface area contributed by atoms with Gasteiger partial charge in [-0.05, 0) is 24.8 Å². The molecule has 0 bridgehead atoms. The van der Waals surface area contributed by atoms with E-state index in [1.165, 1.54) is 7.11 Å². The lowest BCUT2D eigenvalue weighted by atomic mass is 10.1. The highest BCUT2D eigenvalue weighted by Gasteiger charge is 2.25. The highest BCUT2D eigenvalue weighted by Crippen LogP contribution is 2.17. The maximum atomic E-state index is 12.2. The molecular weight excluding hydrogens is 270 g/mol. The molecule has 0 radical (unpaired) electrons. The van der Waals surface area contributed by atoms with Gasteiger partial charge < -0.3 is 15.2 Å². The van der Waals surface area contributed by atoms with E-state index in [1.807, 2.05) is 6.07 Å².